The van der Waals surface area contributed by atoms with Crippen LogP contribution in [0.2, 0.25) is 0 Å². The Morgan fingerprint density at radius 3 is 2.03 bits per heavy atom. The van der Waals surface area contributed by atoms with E-state index in [1.807, 2.05) is 82.9 Å². The van der Waals surface area contributed by atoms with E-state index >= 15 is 0 Å². The monoisotopic (exact) mass is 477 g/mol. The molecule has 0 spiro atoms. The number of nitrogens with zero attached hydrogens (tertiary/aromatic N) is 3. The third kappa shape index (κ3) is 4.81. The molecule has 0 unspecified atom stereocenters. The topological polar surface area (TPSA) is 55.2 Å². The average Bonchev–Trinajstić information content (AvgIpc) is 3.61. The fraction of sp³-hybridized carbons (Fsp3) is 0.269. The lowest BCUT2D eigenvalue weighted by molar-refractivity contribution is 0.401. The van der Waals surface area contributed by atoms with E-state index in [0.29, 0.717) is 23.7 Å². The molecule has 1 aliphatic rings. The summed E-state index contributed by atoms with van der Waals surface area (Å²) in [5.74, 6) is 0. The van der Waals surface area contributed by atoms with Crippen molar-refractivity contribution in [3.05, 3.63) is 95.5 Å². The van der Waals surface area contributed by atoms with Crippen LogP contribution in [0.4, 0.5) is 0 Å². The molecule has 1 saturated carbocycles. The minimum absolute atomic E-state index is 0.268. The Balaban J connectivity index is 1.58. The Morgan fingerprint density at radius 1 is 0.879 bits per heavy atom. The van der Waals surface area contributed by atoms with E-state index in [0.717, 1.165) is 41.7 Å². The number of benzene rings is 2. The van der Waals surface area contributed by atoms with Gasteiger partial charge in [0.1, 0.15) is 10.6 Å². The van der Waals surface area contributed by atoms with Crippen LogP contribution in [0.15, 0.2) is 89.3 Å². The quantitative estimate of drug-likeness (QED) is 0.307. The summed E-state index contributed by atoms with van der Waals surface area (Å²) in [4.78, 5) is 1.17. The molecule has 7 heteroatoms. The van der Waals surface area contributed by atoms with Gasteiger partial charge in [-0.05, 0) is 35.4 Å². The zero-order chi connectivity index (χ0) is 22.7. The number of aromatic nitrogens is 2. The van der Waals surface area contributed by atoms with Crippen LogP contribution in [-0.2, 0) is 23.1 Å². The molecule has 170 valence electrons. The highest BCUT2D eigenvalue weighted by Gasteiger charge is 2.32. The van der Waals surface area contributed by atoms with Gasteiger partial charge in [-0.1, -0.05) is 79.6 Å². The summed E-state index contributed by atoms with van der Waals surface area (Å²) in [6.07, 6.45) is 6.18. The lowest BCUT2D eigenvalue weighted by atomic mass is 10.2. The summed E-state index contributed by atoms with van der Waals surface area (Å²) in [6.45, 7) is 0.604. The number of sulfonamides is 1. The summed E-state index contributed by atoms with van der Waals surface area (Å²) in [5, 5.41) is 6.78. The molecule has 2 aromatic carbocycles. The van der Waals surface area contributed by atoms with E-state index in [1.165, 1.54) is 11.3 Å². The Bertz CT molecular complexity index is 1240. The normalized spacial score (nSPS) is 14.8. The zero-order valence-corrected chi connectivity index (χ0v) is 20.0. The first-order valence-corrected chi connectivity index (χ1v) is 13.6. The Morgan fingerprint density at radius 2 is 1.48 bits per heavy atom. The van der Waals surface area contributed by atoms with Crippen molar-refractivity contribution < 1.29 is 8.42 Å². The van der Waals surface area contributed by atoms with Crippen molar-refractivity contribution in [3.8, 4) is 10.6 Å². The summed E-state index contributed by atoms with van der Waals surface area (Å²) < 4.78 is 31.8. The molecule has 0 radical (unpaired) electrons. The molecule has 0 atom stereocenters. The molecule has 5 nitrogen and oxygen atoms in total. The Kier molecular flexibility index (Phi) is 6.44. The standard InChI is InChI=1S/C26H27N3O2S2/c30-33(31,28(18-21-10-3-1-4-11-21)19-22-12-5-2-6-13-22)25-20-29(23-14-7-8-15-23)27-26(25)24-16-9-17-32-24/h1-6,9-13,16-17,20,23H,7-8,14-15,18-19H2. The van der Waals surface area contributed by atoms with E-state index in [-0.39, 0.29) is 6.04 Å². The fourth-order valence-corrected chi connectivity index (χ4v) is 6.78. The van der Waals surface area contributed by atoms with Gasteiger partial charge in [-0.25, -0.2) is 8.42 Å². The van der Waals surface area contributed by atoms with Gasteiger partial charge in [-0.2, -0.15) is 9.40 Å². The van der Waals surface area contributed by atoms with E-state index in [2.05, 4.69) is 0 Å². The molecule has 0 saturated heterocycles. The highest BCUT2D eigenvalue weighted by atomic mass is 32.2. The van der Waals surface area contributed by atoms with Gasteiger partial charge in [0.25, 0.3) is 0 Å². The second kappa shape index (κ2) is 9.63. The van der Waals surface area contributed by atoms with Gasteiger partial charge in [0.2, 0.25) is 10.0 Å². The van der Waals surface area contributed by atoms with Gasteiger partial charge in [-0.15, -0.1) is 11.3 Å². The summed E-state index contributed by atoms with van der Waals surface area (Å²) >= 11 is 1.52. The first kappa shape index (κ1) is 22.1. The average molecular weight is 478 g/mol. The summed E-state index contributed by atoms with van der Waals surface area (Å²) in [7, 11) is -3.81. The van der Waals surface area contributed by atoms with Crippen molar-refractivity contribution in [1.29, 1.82) is 0 Å². The van der Waals surface area contributed by atoms with E-state index in [9.17, 15) is 8.42 Å². The Hall–Kier alpha value is -2.74. The van der Waals surface area contributed by atoms with Crippen LogP contribution in [-0.4, -0.2) is 22.5 Å². The van der Waals surface area contributed by atoms with Crippen LogP contribution in [0.1, 0.15) is 42.9 Å². The first-order valence-electron chi connectivity index (χ1n) is 11.3. The van der Waals surface area contributed by atoms with Crippen molar-refractivity contribution in [3.63, 3.8) is 0 Å². The van der Waals surface area contributed by atoms with Crippen molar-refractivity contribution in [2.45, 2.75) is 49.7 Å². The van der Waals surface area contributed by atoms with Crippen LogP contribution < -0.4 is 0 Å². The molecule has 2 aromatic heterocycles. The maximum absolute atomic E-state index is 14.2. The minimum Gasteiger partial charge on any atom is -0.268 e. The number of rotatable bonds is 8. The van der Waals surface area contributed by atoms with Crippen molar-refractivity contribution in [1.82, 2.24) is 14.1 Å². The van der Waals surface area contributed by atoms with Gasteiger partial charge in [-0.3, -0.25) is 4.68 Å². The van der Waals surface area contributed by atoms with Crippen molar-refractivity contribution in [2.24, 2.45) is 0 Å². The largest absolute Gasteiger partial charge is 0.268 e. The van der Waals surface area contributed by atoms with Crippen LogP contribution in [0.3, 0.4) is 0 Å². The smallest absolute Gasteiger partial charge is 0.247 e. The molecule has 1 aliphatic carbocycles. The van der Waals surface area contributed by atoms with Crippen LogP contribution in [0.5, 0.6) is 0 Å². The van der Waals surface area contributed by atoms with Crippen molar-refractivity contribution >= 4 is 21.4 Å². The molecule has 5 rings (SSSR count). The van der Waals surface area contributed by atoms with Crippen LogP contribution >= 0.6 is 11.3 Å². The van der Waals surface area contributed by atoms with Gasteiger partial charge in [0, 0.05) is 19.3 Å². The highest BCUT2D eigenvalue weighted by molar-refractivity contribution is 7.89. The molecule has 4 aromatic rings. The predicted molar refractivity (Wildman–Crippen MR) is 132 cm³/mol. The molecule has 0 N–H and O–H groups in total. The van der Waals surface area contributed by atoms with Gasteiger partial charge >= 0.3 is 0 Å². The first-order chi connectivity index (χ1) is 16.1. The number of thiophene rings is 1. The summed E-state index contributed by atoms with van der Waals surface area (Å²) in [5.41, 5.74) is 2.47. The molecular weight excluding hydrogens is 450 g/mol. The van der Waals surface area contributed by atoms with Gasteiger partial charge in [0.05, 0.1) is 10.9 Å². The SMILES string of the molecule is O=S(=O)(c1cn(C2CCCC2)nc1-c1cccs1)N(Cc1ccccc1)Cc1ccccc1. The molecule has 0 bridgehead atoms. The van der Waals surface area contributed by atoms with Crippen LogP contribution in [0, 0.1) is 0 Å². The molecule has 1 fully saturated rings. The lowest BCUT2D eigenvalue weighted by Crippen LogP contribution is -2.30. The molecule has 0 aliphatic heterocycles. The van der Waals surface area contributed by atoms with Gasteiger partial charge in [0.15, 0.2) is 0 Å². The summed E-state index contributed by atoms with van der Waals surface area (Å²) in [6, 6.07) is 23.7. The van der Waals surface area contributed by atoms with E-state index in [1.54, 1.807) is 10.5 Å². The maximum Gasteiger partial charge on any atom is 0.247 e. The molecular formula is C26H27N3O2S2. The highest BCUT2D eigenvalue weighted by Crippen LogP contribution is 2.36. The fourth-order valence-electron chi connectivity index (χ4n) is 4.44. The third-order valence-electron chi connectivity index (χ3n) is 6.17. The molecule has 33 heavy (non-hydrogen) atoms. The zero-order valence-electron chi connectivity index (χ0n) is 18.4. The third-order valence-corrected chi connectivity index (χ3v) is 8.84. The van der Waals surface area contributed by atoms with E-state index < -0.39 is 10.0 Å². The maximum atomic E-state index is 14.2. The lowest BCUT2D eigenvalue weighted by Gasteiger charge is -2.22. The second-order valence-corrected chi connectivity index (χ2v) is 11.3. The van der Waals surface area contributed by atoms with E-state index in [4.69, 9.17) is 5.10 Å². The number of hydrogen-bond acceptors (Lipinski definition) is 4. The van der Waals surface area contributed by atoms with Gasteiger partial charge < -0.3 is 0 Å². The Labute approximate surface area is 199 Å². The predicted octanol–water partition coefficient (Wildman–Crippen LogP) is 6.12. The van der Waals surface area contributed by atoms with Crippen molar-refractivity contribution in [2.75, 3.05) is 0 Å². The van der Waals surface area contributed by atoms with Crippen LogP contribution in [0.25, 0.3) is 10.6 Å². The molecule has 0 amide bonds. The number of hydrogen-bond donors (Lipinski definition) is 0. The second-order valence-electron chi connectivity index (χ2n) is 8.48. The minimum atomic E-state index is -3.81. The molecule has 2 heterocycles.